The third kappa shape index (κ3) is 4.35. The van der Waals surface area contributed by atoms with Crippen molar-refractivity contribution in [3.63, 3.8) is 0 Å². The zero-order valence-electron chi connectivity index (χ0n) is 11.2. The van der Waals surface area contributed by atoms with E-state index >= 15 is 0 Å². The van der Waals surface area contributed by atoms with Crippen LogP contribution in [0.15, 0.2) is 22.7 Å². The van der Waals surface area contributed by atoms with Crippen molar-refractivity contribution in [1.29, 1.82) is 0 Å². The average Bonchev–Trinajstić information content (AvgIpc) is 2.27. The van der Waals surface area contributed by atoms with Crippen LogP contribution in [0.4, 0.5) is 0 Å². The van der Waals surface area contributed by atoms with Crippen molar-refractivity contribution in [2.75, 3.05) is 6.54 Å². The third-order valence-electron chi connectivity index (χ3n) is 3.04. The topological polar surface area (TPSA) is 66.4 Å². The molecule has 0 aliphatic carbocycles. The fourth-order valence-corrected chi connectivity index (χ4v) is 2.26. The molecule has 19 heavy (non-hydrogen) atoms. The number of rotatable bonds is 5. The largest absolute Gasteiger partial charge is 0.481 e. The summed E-state index contributed by atoms with van der Waals surface area (Å²) in [7, 11) is 0. The van der Waals surface area contributed by atoms with Crippen molar-refractivity contribution < 1.29 is 14.7 Å². The second kappa shape index (κ2) is 6.70. The fraction of sp³-hybridized carbons (Fsp3) is 0.429. The van der Waals surface area contributed by atoms with Crippen molar-refractivity contribution in [2.24, 2.45) is 11.8 Å². The van der Waals surface area contributed by atoms with Crippen LogP contribution in [0.25, 0.3) is 0 Å². The first-order chi connectivity index (χ1) is 8.82. The summed E-state index contributed by atoms with van der Waals surface area (Å²) in [6.45, 7) is 5.64. The van der Waals surface area contributed by atoms with Gasteiger partial charge >= 0.3 is 5.97 Å². The summed E-state index contributed by atoms with van der Waals surface area (Å²) in [6.07, 6.45) is 0. The SMILES string of the molecule is Cc1cc(Br)ccc1C(=O)NCC(C(=O)O)C(C)C. The van der Waals surface area contributed by atoms with E-state index in [-0.39, 0.29) is 18.4 Å². The van der Waals surface area contributed by atoms with Crippen molar-refractivity contribution in [2.45, 2.75) is 20.8 Å². The van der Waals surface area contributed by atoms with Gasteiger partial charge in [0.05, 0.1) is 5.92 Å². The van der Waals surface area contributed by atoms with Crippen LogP contribution in [0.2, 0.25) is 0 Å². The van der Waals surface area contributed by atoms with Crippen LogP contribution >= 0.6 is 15.9 Å². The summed E-state index contributed by atoms with van der Waals surface area (Å²) in [4.78, 5) is 23.1. The van der Waals surface area contributed by atoms with Crippen LogP contribution in [-0.2, 0) is 4.79 Å². The first-order valence-electron chi connectivity index (χ1n) is 6.10. The van der Waals surface area contributed by atoms with Crippen LogP contribution in [-0.4, -0.2) is 23.5 Å². The van der Waals surface area contributed by atoms with Gasteiger partial charge < -0.3 is 10.4 Å². The van der Waals surface area contributed by atoms with Gasteiger partial charge in [0, 0.05) is 16.6 Å². The minimum Gasteiger partial charge on any atom is -0.481 e. The molecule has 0 heterocycles. The molecular formula is C14H18BrNO3. The zero-order chi connectivity index (χ0) is 14.6. The number of carbonyl (C=O) groups excluding carboxylic acids is 1. The summed E-state index contributed by atoms with van der Waals surface area (Å²) in [5.74, 6) is -1.72. The second-order valence-corrected chi connectivity index (χ2v) is 5.77. The highest BCUT2D eigenvalue weighted by molar-refractivity contribution is 9.10. The number of carboxylic acids is 1. The van der Waals surface area contributed by atoms with Crippen LogP contribution in [0.3, 0.4) is 0 Å². The van der Waals surface area contributed by atoms with Crippen molar-refractivity contribution in [1.82, 2.24) is 5.32 Å². The zero-order valence-corrected chi connectivity index (χ0v) is 12.8. The number of aryl methyl sites for hydroxylation is 1. The van der Waals surface area contributed by atoms with Crippen LogP contribution in [0, 0.1) is 18.8 Å². The maximum atomic E-state index is 12.0. The molecule has 0 radical (unpaired) electrons. The van der Waals surface area contributed by atoms with Gasteiger partial charge in [-0.15, -0.1) is 0 Å². The Morgan fingerprint density at radius 3 is 2.47 bits per heavy atom. The molecule has 0 bridgehead atoms. The molecular weight excluding hydrogens is 310 g/mol. The Labute approximate surface area is 121 Å². The van der Waals surface area contributed by atoms with Crippen molar-refractivity contribution in [3.8, 4) is 0 Å². The summed E-state index contributed by atoms with van der Waals surface area (Å²) >= 11 is 3.34. The highest BCUT2D eigenvalue weighted by Crippen LogP contribution is 2.16. The number of hydrogen-bond donors (Lipinski definition) is 2. The van der Waals surface area contributed by atoms with E-state index in [9.17, 15) is 9.59 Å². The van der Waals surface area contributed by atoms with Crippen LogP contribution in [0.5, 0.6) is 0 Å². The number of amides is 1. The molecule has 0 aromatic heterocycles. The predicted molar refractivity (Wildman–Crippen MR) is 77.2 cm³/mol. The molecule has 2 N–H and O–H groups in total. The van der Waals surface area contributed by atoms with E-state index in [0.717, 1.165) is 10.0 Å². The standard InChI is InChI=1S/C14H18BrNO3/c1-8(2)12(14(18)19)7-16-13(17)11-5-4-10(15)6-9(11)3/h4-6,8,12H,7H2,1-3H3,(H,16,17)(H,18,19). The molecule has 1 unspecified atom stereocenters. The fourth-order valence-electron chi connectivity index (χ4n) is 1.79. The minimum absolute atomic E-state index is 0.0242. The molecule has 4 nitrogen and oxygen atoms in total. The van der Waals surface area contributed by atoms with Crippen LogP contribution < -0.4 is 5.32 Å². The quantitative estimate of drug-likeness (QED) is 0.873. The van der Waals surface area contributed by atoms with Crippen molar-refractivity contribution >= 4 is 27.8 Å². The van der Waals surface area contributed by atoms with E-state index in [1.54, 1.807) is 12.1 Å². The highest BCUT2D eigenvalue weighted by Gasteiger charge is 2.22. The molecule has 1 aromatic carbocycles. The number of hydrogen-bond acceptors (Lipinski definition) is 2. The molecule has 0 fully saturated rings. The van der Waals surface area contributed by atoms with Gasteiger partial charge in [-0.1, -0.05) is 29.8 Å². The van der Waals surface area contributed by atoms with Gasteiger partial charge in [0.2, 0.25) is 0 Å². The molecule has 5 heteroatoms. The molecule has 0 aliphatic rings. The molecule has 104 valence electrons. The smallest absolute Gasteiger partial charge is 0.308 e. The van der Waals surface area contributed by atoms with Gasteiger partial charge in [0.1, 0.15) is 0 Å². The maximum Gasteiger partial charge on any atom is 0.308 e. The maximum absolute atomic E-state index is 12.0. The van der Waals surface area contributed by atoms with E-state index in [0.29, 0.717) is 5.56 Å². The number of carbonyl (C=O) groups is 2. The van der Waals surface area contributed by atoms with E-state index in [2.05, 4.69) is 21.2 Å². The molecule has 0 saturated carbocycles. The number of benzene rings is 1. The summed E-state index contributed by atoms with van der Waals surface area (Å²) < 4.78 is 0.909. The molecule has 1 amide bonds. The van der Waals surface area contributed by atoms with E-state index in [1.807, 2.05) is 26.8 Å². The lowest BCUT2D eigenvalue weighted by molar-refractivity contribution is -0.142. The van der Waals surface area contributed by atoms with Gasteiger partial charge in [-0.2, -0.15) is 0 Å². The average molecular weight is 328 g/mol. The van der Waals surface area contributed by atoms with Gasteiger partial charge in [0.25, 0.3) is 5.91 Å². The Morgan fingerprint density at radius 1 is 1.37 bits per heavy atom. The molecule has 0 saturated heterocycles. The normalized spacial score (nSPS) is 12.3. The second-order valence-electron chi connectivity index (χ2n) is 4.86. The van der Waals surface area contributed by atoms with Gasteiger partial charge in [0.15, 0.2) is 0 Å². The Hall–Kier alpha value is -1.36. The van der Waals surface area contributed by atoms with Gasteiger partial charge in [-0.25, -0.2) is 0 Å². The van der Waals surface area contributed by atoms with E-state index < -0.39 is 11.9 Å². The third-order valence-corrected chi connectivity index (χ3v) is 3.53. The molecule has 0 aliphatic heterocycles. The number of nitrogens with one attached hydrogen (secondary N) is 1. The Bertz CT molecular complexity index is 486. The number of carboxylic acid groups (broad SMARTS) is 1. The Morgan fingerprint density at radius 2 is 2.00 bits per heavy atom. The summed E-state index contributed by atoms with van der Waals surface area (Å²) in [6, 6.07) is 5.37. The summed E-state index contributed by atoms with van der Waals surface area (Å²) in [5, 5.41) is 11.7. The van der Waals surface area contributed by atoms with E-state index in [4.69, 9.17) is 5.11 Å². The molecule has 1 atom stereocenters. The number of aliphatic carboxylic acids is 1. The Balaban J connectivity index is 2.72. The minimum atomic E-state index is -0.886. The molecule has 0 spiro atoms. The monoisotopic (exact) mass is 327 g/mol. The lowest BCUT2D eigenvalue weighted by Crippen LogP contribution is -2.35. The Kier molecular flexibility index (Phi) is 5.54. The lowest BCUT2D eigenvalue weighted by atomic mass is 9.96. The highest BCUT2D eigenvalue weighted by atomic mass is 79.9. The lowest BCUT2D eigenvalue weighted by Gasteiger charge is -2.17. The predicted octanol–water partition coefficient (Wildman–Crippen LogP) is 2.84. The van der Waals surface area contributed by atoms with Gasteiger partial charge in [-0.3, -0.25) is 9.59 Å². The van der Waals surface area contributed by atoms with Crippen LogP contribution in [0.1, 0.15) is 29.8 Å². The van der Waals surface area contributed by atoms with E-state index in [1.165, 1.54) is 0 Å². The summed E-state index contributed by atoms with van der Waals surface area (Å²) in [5.41, 5.74) is 1.42. The molecule has 1 rings (SSSR count). The van der Waals surface area contributed by atoms with Gasteiger partial charge in [-0.05, 0) is 36.6 Å². The first-order valence-corrected chi connectivity index (χ1v) is 6.89. The first kappa shape index (κ1) is 15.7. The number of halogens is 1. The van der Waals surface area contributed by atoms with Crippen molar-refractivity contribution in [3.05, 3.63) is 33.8 Å². The molecule has 1 aromatic rings.